The van der Waals surface area contributed by atoms with E-state index in [0.29, 0.717) is 62.0 Å². The smallest absolute Gasteiger partial charge is 0.295 e. The molecule has 220 valence electrons. The van der Waals surface area contributed by atoms with Gasteiger partial charge < -0.3 is 24.2 Å². The second kappa shape index (κ2) is 13.7. The maximum Gasteiger partial charge on any atom is 0.295 e. The maximum atomic E-state index is 13.5. The van der Waals surface area contributed by atoms with Crippen molar-refractivity contribution in [3.63, 3.8) is 0 Å². The molecule has 3 aromatic carbocycles. The molecule has 1 unspecified atom stereocenters. The van der Waals surface area contributed by atoms with Gasteiger partial charge in [0.05, 0.1) is 31.4 Å². The number of morpholine rings is 1. The van der Waals surface area contributed by atoms with Gasteiger partial charge in [-0.2, -0.15) is 0 Å². The molecule has 5 rings (SSSR count). The first-order valence-electron chi connectivity index (χ1n) is 14.5. The van der Waals surface area contributed by atoms with E-state index in [1.165, 1.54) is 0 Å². The number of rotatable bonds is 11. The van der Waals surface area contributed by atoms with E-state index < -0.39 is 17.7 Å². The van der Waals surface area contributed by atoms with E-state index in [1.54, 1.807) is 17.0 Å². The van der Waals surface area contributed by atoms with Gasteiger partial charge in [-0.3, -0.25) is 14.5 Å². The normalized spacial score (nSPS) is 18.8. The first kappa shape index (κ1) is 29.4. The van der Waals surface area contributed by atoms with Crippen LogP contribution in [0.25, 0.3) is 5.76 Å². The van der Waals surface area contributed by atoms with Crippen molar-refractivity contribution in [2.24, 2.45) is 0 Å². The van der Waals surface area contributed by atoms with Crippen LogP contribution in [0, 0.1) is 6.92 Å². The van der Waals surface area contributed by atoms with Gasteiger partial charge in [0.1, 0.15) is 12.4 Å². The van der Waals surface area contributed by atoms with Crippen LogP contribution in [0.4, 0.5) is 0 Å². The highest BCUT2D eigenvalue weighted by atomic mass is 16.5. The van der Waals surface area contributed by atoms with E-state index >= 15 is 0 Å². The van der Waals surface area contributed by atoms with Crippen LogP contribution in [0.3, 0.4) is 0 Å². The number of carbonyl (C=O) groups is 2. The molecule has 8 heteroatoms. The van der Waals surface area contributed by atoms with Gasteiger partial charge in [-0.15, -0.1) is 0 Å². The minimum atomic E-state index is -0.765. The van der Waals surface area contributed by atoms with Crippen LogP contribution >= 0.6 is 0 Å². The summed E-state index contributed by atoms with van der Waals surface area (Å²) < 4.78 is 17.5. The number of aryl methyl sites for hydroxylation is 1. The molecule has 0 radical (unpaired) electrons. The van der Waals surface area contributed by atoms with Gasteiger partial charge in [-0.25, -0.2) is 0 Å². The first-order chi connectivity index (χ1) is 20.5. The fraction of sp³-hybridized carbons (Fsp3) is 0.353. The second-order valence-electron chi connectivity index (χ2n) is 10.6. The Balaban J connectivity index is 1.49. The number of benzene rings is 3. The topological polar surface area (TPSA) is 88.5 Å². The number of Topliss-reactive ketones (excluding diaryl/α,β-unsaturated/α-hetero) is 1. The Bertz CT molecular complexity index is 1410. The molecule has 2 heterocycles. The Kier molecular flexibility index (Phi) is 9.56. The molecule has 2 saturated heterocycles. The number of likely N-dealkylation sites (tertiary alicyclic amines) is 1. The van der Waals surface area contributed by atoms with E-state index in [9.17, 15) is 14.7 Å². The summed E-state index contributed by atoms with van der Waals surface area (Å²) in [5, 5.41) is 11.4. The van der Waals surface area contributed by atoms with Crippen LogP contribution in [0.5, 0.6) is 11.5 Å². The Morgan fingerprint density at radius 3 is 2.38 bits per heavy atom. The van der Waals surface area contributed by atoms with Crippen molar-refractivity contribution in [1.29, 1.82) is 0 Å². The van der Waals surface area contributed by atoms with Crippen molar-refractivity contribution in [2.45, 2.75) is 32.9 Å². The quantitative estimate of drug-likeness (QED) is 0.195. The van der Waals surface area contributed by atoms with Gasteiger partial charge in [-0.1, -0.05) is 66.2 Å². The molecule has 0 spiro atoms. The molecule has 1 amide bonds. The molecule has 2 aliphatic rings. The maximum absolute atomic E-state index is 13.5. The van der Waals surface area contributed by atoms with Crippen LogP contribution in [0.1, 0.15) is 41.6 Å². The molecule has 0 aromatic heterocycles. The lowest BCUT2D eigenvalue weighted by molar-refractivity contribution is -0.140. The SMILES string of the molecule is CCOc1cc(C2/C(=C(\O)c3ccc(C)cc3)C(=O)C(=O)N2CCCN2CCOCC2)ccc1OCc1ccccc1. The summed E-state index contributed by atoms with van der Waals surface area (Å²) in [7, 11) is 0. The Hall–Kier alpha value is -4.14. The fourth-order valence-electron chi connectivity index (χ4n) is 5.43. The standard InChI is InChI=1S/C34H38N2O6/c1-3-41-29-22-27(14-15-28(29)42-23-25-8-5-4-6-9-25)31-30(32(37)26-12-10-24(2)11-13-26)33(38)34(39)36(31)17-7-16-35-18-20-40-21-19-35/h4-6,8-15,22,31,37H,3,7,16-21,23H2,1-2H3/b32-30+. The summed E-state index contributed by atoms with van der Waals surface area (Å²) in [6.45, 7) is 8.86. The Labute approximate surface area is 247 Å². The molecule has 2 aliphatic heterocycles. The molecule has 0 bridgehead atoms. The zero-order valence-electron chi connectivity index (χ0n) is 24.3. The molecule has 8 nitrogen and oxygen atoms in total. The minimum absolute atomic E-state index is 0.0793. The van der Waals surface area contributed by atoms with Gasteiger partial charge in [-0.05, 0) is 43.5 Å². The van der Waals surface area contributed by atoms with Crippen molar-refractivity contribution in [3.8, 4) is 11.5 Å². The number of amides is 1. The molecule has 1 atom stereocenters. The number of hydrogen-bond donors (Lipinski definition) is 1. The van der Waals surface area contributed by atoms with Gasteiger partial charge in [0.2, 0.25) is 0 Å². The van der Waals surface area contributed by atoms with E-state index in [1.807, 2.05) is 74.5 Å². The van der Waals surface area contributed by atoms with Crippen molar-refractivity contribution < 1.29 is 28.9 Å². The molecule has 2 fully saturated rings. The highest BCUT2D eigenvalue weighted by Gasteiger charge is 2.46. The third-order valence-corrected chi connectivity index (χ3v) is 7.66. The third kappa shape index (κ3) is 6.66. The summed E-state index contributed by atoms with van der Waals surface area (Å²) in [5.41, 5.74) is 3.29. The van der Waals surface area contributed by atoms with Crippen LogP contribution in [0.2, 0.25) is 0 Å². The Morgan fingerprint density at radius 2 is 1.67 bits per heavy atom. The van der Waals surface area contributed by atoms with Crippen molar-refractivity contribution in [1.82, 2.24) is 9.80 Å². The molecular formula is C34H38N2O6. The van der Waals surface area contributed by atoms with Gasteiger partial charge in [0.15, 0.2) is 11.5 Å². The molecule has 1 N–H and O–H groups in total. The fourth-order valence-corrected chi connectivity index (χ4v) is 5.43. The number of nitrogens with zero attached hydrogens (tertiary/aromatic N) is 2. The monoisotopic (exact) mass is 570 g/mol. The number of hydrogen-bond acceptors (Lipinski definition) is 7. The number of aliphatic hydroxyl groups excluding tert-OH is 1. The van der Waals surface area contributed by atoms with E-state index in [2.05, 4.69) is 4.90 Å². The van der Waals surface area contributed by atoms with E-state index in [4.69, 9.17) is 14.2 Å². The predicted molar refractivity (Wildman–Crippen MR) is 160 cm³/mol. The highest BCUT2D eigenvalue weighted by molar-refractivity contribution is 6.46. The zero-order chi connectivity index (χ0) is 29.5. The van der Waals surface area contributed by atoms with Crippen LogP contribution in [-0.2, 0) is 20.9 Å². The van der Waals surface area contributed by atoms with Crippen LogP contribution in [0.15, 0.2) is 78.4 Å². The first-order valence-corrected chi connectivity index (χ1v) is 14.5. The van der Waals surface area contributed by atoms with Crippen molar-refractivity contribution in [3.05, 3.63) is 101 Å². The predicted octanol–water partition coefficient (Wildman–Crippen LogP) is 5.12. The third-order valence-electron chi connectivity index (χ3n) is 7.66. The molecule has 3 aromatic rings. The largest absolute Gasteiger partial charge is 0.507 e. The summed E-state index contributed by atoms with van der Waals surface area (Å²) in [6, 6.07) is 21.8. The molecule has 0 saturated carbocycles. The average Bonchev–Trinajstić information content (AvgIpc) is 3.27. The lowest BCUT2D eigenvalue weighted by Crippen LogP contribution is -2.39. The number of ketones is 1. The highest BCUT2D eigenvalue weighted by Crippen LogP contribution is 2.42. The Morgan fingerprint density at radius 1 is 0.929 bits per heavy atom. The van der Waals surface area contributed by atoms with E-state index in [0.717, 1.165) is 30.8 Å². The summed E-state index contributed by atoms with van der Waals surface area (Å²) in [5.74, 6) is -0.409. The number of ether oxygens (including phenoxy) is 3. The molecular weight excluding hydrogens is 532 g/mol. The lowest BCUT2D eigenvalue weighted by atomic mass is 9.94. The number of aliphatic hydroxyl groups is 1. The second-order valence-corrected chi connectivity index (χ2v) is 10.6. The van der Waals surface area contributed by atoms with E-state index in [-0.39, 0.29) is 11.3 Å². The van der Waals surface area contributed by atoms with Gasteiger partial charge in [0.25, 0.3) is 11.7 Å². The van der Waals surface area contributed by atoms with Gasteiger partial charge >= 0.3 is 0 Å². The minimum Gasteiger partial charge on any atom is -0.507 e. The zero-order valence-corrected chi connectivity index (χ0v) is 24.3. The summed E-state index contributed by atoms with van der Waals surface area (Å²) >= 11 is 0. The van der Waals surface area contributed by atoms with Crippen LogP contribution in [-0.4, -0.2) is 72.6 Å². The average molecular weight is 571 g/mol. The number of carbonyl (C=O) groups excluding carboxylic acids is 2. The lowest BCUT2D eigenvalue weighted by Gasteiger charge is -2.29. The summed E-state index contributed by atoms with van der Waals surface area (Å²) in [4.78, 5) is 30.8. The van der Waals surface area contributed by atoms with Crippen molar-refractivity contribution in [2.75, 3.05) is 46.0 Å². The van der Waals surface area contributed by atoms with Crippen molar-refractivity contribution >= 4 is 17.4 Å². The van der Waals surface area contributed by atoms with Crippen LogP contribution < -0.4 is 9.47 Å². The molecule has 42 heavy (non-hydrogen) atoms. The molecule has 0 aliphatic carbocycles. The summed E-state index contributed by atoms with van der Waals surface area (Å²) in [6.07, 6.45) is 0.685. The van der Waals surface area contributed by atoms with Gasteiger partial charge in [0, 0.05) is 31.7 Å².